The summed E-state index contributed by atoms with van der Waals surface area (Å²) in [5, 5.41) is 8.84. The Morgan fingerprint density at radius 3 is 2.44 bits per heavy atom. The van der Waals surface area contributed by atoms with Crippen LogP contribution in [0.25, 0.3) is 10.8 Å². The van der Waals surface area contributed by atoms with E-state index in [9.17, 15) is 9.59 Å². The van der Waals surface area contributed by atoms with Crippen LogP contribution in [0, 0.1) is 0 Å². The van der Waals surface area contributed by atoms with Crippen molar-refractivity contribution in [3.63, 3.8) is 0 Å². The van der Waals surface area contributed by atoms with Crippen LogP contribution >= 0.6 is 0 Å². The second-order valence-electron chi connectivity index (χ2n) is 4.29. The number of fused-ring (bicyclic) bond motifs is 1. The molecule has 2 aromatic rings. The van der Waals surface area contributed by atoms with Crippen LogP contribution in [0.2, 0.25) is 0 Å². The van der Waals surface area contributed by atoms with E-state index >= 15 is 0 Å². The van der Waals surface area contributed by atoms with Crippen molar-refractivity contribution in [2.24, 2.45) is 0 Å². The largest absolute Gasteiger partial charge is 0.382 e. The minimum absolute atomic E-state index is 0.279. The van der Waals surface area contributed by atoms with E-state index in [0.29, 0.717) is 22.5 Å². The van der Waals surface area contributed by atoms with E-state index in [1.54, 1.807) is 12.1 Å². The van der Waals surface area contributed by atoms with E-state index in [4.69, 9.17) is 0 Å². The summed E-state index contributed by atoms with van der Waals surface area (Å²) < 4.78 is 0. The number of anilines is 1. The molecule has 0 unspecified atom stereocenters. The summed E-state index contributed by atoms with van der Waals surface area (Å²) in [7, 11) is 0. The third kappa shape index (κ3) is 2.16. The standard InChI is InChI=1S/C13H17N3O2/c1-3-8(4-2)14-10-7-5-6-9-11(10)13(18)16-15-12(9)17/h5-8,14H,3-4H2,1-2H3,(H,15,17)(H,16,18). The average Bonchev–Trinajstić information content (AvgIpc) is 2.40. The van der Waals surface area contributed by atoms with Gasteiger partial charge in [-0.3, -0.25) is 19.8 Å². The maximum absolute atomic E-state index is 11.8. The highest BCUT2D eigenvalue weighted by Gasteiger charge is 2.10. The molecule has 3 N–H and O–H groups in total. The number of aromatic amines is 2. The summed E-state index contributed by atoms with van der Waals surface area (Å²) in [6.45, 7) is 4.17. The first kappa shape index (κ1) is 12.4. The Morgan fingerprint density at radius 2 is 1.78 bits per heavy atom. The Bertz CT molecular complexity index is 653. The zero-order chi connectivity index (χ0) is 13.1. The molecule has 0 bridgehead atoms. The molecular formula is C13H17N3O2. The second-order valence-corrected chi connectivity index (χ2v) is 4.29. The molecule has 0 saturated carbocycles. The van der Waals surface area contributed by atoms with Crippen molar-refractivity contribution in [2.45, 2.75) is 32.7 Å². The molecule has 0 aliphatic rings. The minimum Gasteiger partial charge on any atom is -0.382 e. The van der Waals surface area contributed by atoms with Crippen molar-refractivity contribution >= 4 is 16.5 Å². The molecular weight excluding hydrogens is 230 g/mol. The molecule has 0 aliphatic heterocycles. The maximum atomic E-state index is 11.8. The number of rotatable bonds is 4. The van der Waals surface area contributed by atoms with E-state index < -0.39 is 0 Å². The lowest BCUT2D eigenvalue weighted by molar-refractivity contribution is 0.672. The Morgan fingerprint density at radius 1 is 1.11 bits per heavy atom. The summed E-state index contributed by atoms with van der Waals surface area (Å²) in [6.07, 6.45) is 1.93. The summed E-state index contributed by atoms with van der Waals surface area (Å²) in [6, 6.07) is 5.56. The number of benzene rings is 1. The van der Waals surface area contributed by atoms with E-state index in [1.165, 1.54) is 0 Å². The molecule has 18 heavy (non-hydrogen) atoms. The highest BCUT2D eigenvalue weighted by Crippen LogP contribution is 2.19. The number of hydrogen-bond acceptors (Lipinski definition) is 3. The Balaban J connectivity index is 2.62. The molecule has 1 aromatic carbocycles. The van der Waals surface area contributed by atoms with Gasteiger partial charge in [-0.2, -0.15) is 0 Å². The van der Waals surface area contributed by atoms with Gasteiger partial charge in [0, 0.05) is 11.7 Å². The van der Waals surface area contributed by atoms with Gasteiger partial charge in [0.1, 0.15) is 0 Å². The number of nitrogens with one attached hydrogen (secondary N) is 3. The van der Waals surface area contributed by atoms with E-state index in [1.807, 2.05) is 6.07 Å². The van der Waals surface area contributed by atoms with Crippen LogP contribution in [0.3, 0.4) is 0 Å². The molecule has 0 aliphatic carbocycles. The highest BCUT2D eigenvalue weighted by atomic mass is 16.1. The number of aromatic nitrogens is 2. The smallest absolute Gasteiger partial charge is 0.272 e. The minimum atomic E-state index is -0.280. The monoisotopic (exact) mass is 247 g/mol. The van der Waals surface area contributed by atoms with Gasteiger partial charge in [0.05, 0.1) is 10.8 Å². The fraction of sp³-hybridized carbons (Fsp3) is 0.385. The SMILES string of the molecule is CCC(CC)Nc1cccc2c(=O)[nH][nH]c(=O)c12. The number of hydrogen-bond donors (Lipinski definition) is 3. The fourth-order valence-electron chi connectivity index (χ4n) is 2.06. The van der Waals surface area contributed by atoms with Gasteiger partial charge in [0.2, 0.25) is 0 Å². The van der Waals surface area contributed by atoms with Gasteiger partial charge >= 0.3 is 0 Å². The normalized spacial score (nSPS) is 11.1. The summed E-state index contributed by atoms with van der Waals surface area (Å²) >= 11 is 0. The zero-order valence-corrected chi connectivity index (χ0v) is 10.5. The van der Waals surface area contributed by atoms with Crippen molar-refractivity contribution in [1.82, 2.24) is 10.2 Å². The first-order chi connectivity index (χ1) is 8.67. The molecule has 0 fully saturated rings. The quantitative estimate of drug-likeness (QED) is 0.771. The molecule has 0 saturated heterocycles. The predicted molar refractivity (Wildman–Crippen MR) is 73.2 cm³/mol. The number of H-pyrrole nitrogens is 2. The summed E-state index contributed by atoms with van der Waals surface area (Å²) in [4.78, 5) is 23.5. The van der Waals surface area contributed by atoms with E-state index in [0.717, 1.165) is 12.8 Å². The van der Waals surface area contributed by atoms with Crippen LogP contribution < -0.4 is 16.4 Å². The van der Waals surface area contributed by atoms with Crippen LogP contribution in [-0.2, 0) is 0 Å². The van der Waals surface area contributed by atoms with Gasteiger partial charge in [0.25, 0.3) is 11.1 Å². The van der Waals surface area contributed by atoms with Gasteiger partial charge in [-0.05, 0) is 25.0 Å². The van der Waals surface area contributed by atoms with Crippen LogP contribution in [0.5, 0.6) is 0 Å². The molecule has 1 aromatic heterocycles. The van der Waals surface area contributed by atoms with Crippen LogP contribution in [0.4, 0.5) is 5.69 Å². The van der Waals surface area contributed by atoms with Crippen LogP contribution in [0.1, 0.15) is 26.7 Å². The van der Waals surface area contributed by atoms with Gasteiger partial charge in [0.15, 0.2) is 0 Å². The summed E-state index contributed by atoms with van der Waals surface area (Å²) in [5.41, 5.74) is 0.157. The zero-order valence-electron chi connectivity index (χ0n) is 10.5. The Kier molecular flexibility index (Phi) is 3.50. The van der Waals surface area contributed by atoms with Crippen molar-refractivity contribution in [2.75, 3.05) is 5.32 Å². The topological polar surface area (TPSA) is 77.8 Å². The fourth-order valence-corrected chi connectivity index (χ4v) is 2.06. The van der Waals surface area contributed by atoms with Crippen molar-refractivity contribution in [3.05, 3.63) is 38.9 Å². The Hall–Kier alpha value is -2.04. The van der Waals surface area contributed by atoms with Crippen molar-refractivity contribution < 1.29 is 0 Å². The molecule has 0 atom stereocenters. The molecule has 0 radical (unpaired) electrons. The maximum Gasteiger partial charge on any atom is 0.272 e. The third-order valence-corrected chi connectivity index (χ3v) is 3.17. The van der Waals surface area contributed by atoms with Gasteiger partial charge < -0.3 is 5.32 Å². The van der Waals surface area contributed by atoms with Crippen molar-refractivity contribution in [3.8, 4) is 0 Å². The molecule has 1 heterocycles. The Labute approximate surface area is 104 Å². The van der Waals surface area contributed by atoms with Gasteiger partial charge in [-0.15, -0.1) is 0 Å². The van der Waals surface area contributed by atoms with Crippen LogP contribution in [0.15, 0.2) is 27.8 Å². The third-order valence-electron chi connectivity index (χ3n) is 3.17. The molecule has 5 heteroatoms. The second kappa shape index (κ2) is 5.08. The lowest BCUT2D eigenvalue weighted by Crippen LogP contribution is -2.23. The predicted octanol–water partition coefficient (Wildman–Crippen LogP) is 1.82. The van der Waals surface area contributed by atoms with E-state index in [-0.39, 0.29) is 11.1 Å². The average molecular weight is 247 g/mol. The summed E-state index contributed by atoms with van der Waals surface area (Å²) in [5.74, 6) is 0. The first-order valence-electron chi connectivity index (χ1n) is 6.17. The van der Waals surface area contributed by atoms with Crippen molar-refractivity contribution in [1.29, 1.82) is 0 Å². The highest BCUT2D eigenvalue weighted by molar-refractivity contribution is 5.92. The molecule has 96 valence electrons. The molecule has 0 spiro atoms. The molecule has 5 nitrogen and oxygen atoms in total. The first-order valence-corrected chi connectivity index (χ1v) is 6.17. The van der Waals surface area contributed by atoms with Gasteiger partial charge in [-0.1, -0.05) is 19.9 Å². The lowest BCUT2D eigenvalue weighted by atomic mass is 10.1. The molecule has 2 rings (SSSR count). The van der Waals surface area contributed by atoms with E-state index in [2.05, 4.69) is 29.4 Å². The van der Waals surface area contributed by atoms with Gasteiger partial charge in [-0.25, -0.2) is 0 Å². The lowest BCUT2D eigenvalue weighted by Gasteiger charge is -2.17. The van der Waals surface area contributed by atoms with Crippen LogP contribution in [-0.4, -0.2) is 16.2 Å². The molecule has 0 amide bonds.